The van der Waals surface area contributed by atoms with Gasteiger partial charge in [-0.15, -0.1) is 0 Å². The minimum Gasteiger partial charge on any atom is -0.346 e. The van der Waals surface area contributed by atoms with Crippen LogP contribution in [0.15, 0.2) is 78.9 Å². The van der Waals surface area contributed by atoms with Gasteiger partial charge in [-0.1, -0.05) is 66.2 Å². The van der Waals surface area contributed by atoms with Gasteiger partial charge < -0.3 is 9.88 Å². The lowest BCUT2D eigenvalue weighted by atomic mass is 10.1. The summed E-state index contributed by atoms with van der Waals surface area (Å²) < 4.78 is 1.89. The van der Waals surface area contributed by atoms with Gasteiger partial charge in [0.05, 0.1) is 30.0 Å². The lowest BCUT2D eigenvalue weighted by Gasteiger charge is -2.16. The van der Waals surface area contributed by atoms with Gasteiger partial charge >= 0.3 is 0 Å². The van der Waals surface area contributed by atoms with Gasteiger partial charge in [0, 0.05) is 10.6 Å². The van der Waals surface area contributed by atoms with E-state index in [1.54, 1.807) is 24.3 Å². The topological polar surface area (TPSA) is 64.0 Å². The highest BCUT2D eigenvalue weighted by Crippen LogP contribution is 2.22. The monoisotopic (exact) mass is 431 g/mol. The second kappa shape index (κ2) is 9.14. The van der Waals surface area contributed by atoms with Crippen molar-refractivity contribution in [3.8, 4) is 0 Å². The number of benzene rings is 3. The predicted octanol–water partition coefficient (Wildman–Crippen LogP) is 4.99. The molecule has 4 rings (SSSR count). The average molecular weight is 432 g/mol. The Morgan fingerprint density at radius 2 is 1.65 bits per heavy atom. The molecule has 1 aromatic heterocycles. The maximum absolute atomic E-state index is 12.9. The van der Waals surface area contributed by atoms with Crippen molar-refractivity contribution in [2.24, 2.45) is 0 Å². The molecule has 0 bridgehead atoms. The van der Waals surface area contributed by atoms with Crippen LogP contribution in [-0.4, -0.2) is 21.2 Å². The van der Waals surface area contributed by atoms with Crippen molar-refractivity contribution in [2.45, 2.75) is 25.9 Å². The number of carbonyl (C=O) groups excluding carboxylic acids is 2. The zero-order valence-electron chi connectivity index (χ0n) is 17.1. The van der Waals surface area contributed by atoms with Crippen LogP contribution in [0.4, 0.5) is 0 Å². The Balaban J connectivity index is 1.57. The molecule has 0 aliphatic carbocycles. The molecule has 6 heteroatoms. The summed E-state index contributed by atoms with van der Waals surface area (Å²) >= 11 is 5.92. The summed E-state index contributed by atoms with van der Waals surface area (Å²) in [6, 6.07) is 23.7. The minimum atomic E-state index is -0.365. The number of nitrogens with zero attached hydrogens (tertiary/aromatic N) is 2. The Morgan fingerprint density at radius 3 is 2.39 bits per heavy atom. The second-order valence-electron chi connectivity index (χ2n) is 7.43. The molecule has 0 saturated carbocycles. The van der Waals surface area contributed by atoms with Crippen LogP contribution in [0.1, 0.15) is 34.7 Å². The Kier molecular flexibility index (Phi) is 6.14. The number of rotatable bonds is 7. The minimum absolute atomic E-state index is 0.00954. The van der Waals surface area contributed by atoms with Crippen molar-refractivity contribution in [2.75, 3.05) is 0 Å². The lowest BCUT2D eigenvalue weighted by Crippen LogP contribution is -2.30. The number of hydrogen-bond donors (Lipinski definition) is 1. The number of nitrogens with one attached hydrogen (secondary N) is 1. The summed E-state index contributed by atoms with van der Waals surface area (Å²) in [6.07, 6.45) is 0.241. The highest BCUT2D eigenvalue weighted by molar-refractivity contribution is 6.30. The normalized spacial score (nSPS) is 11.9. The number of para-hydroxylation sites is 2. The molecule has 5 nitrogen and oxygen atoms in total. The zero-order valence-corrected chi connectivity index (χ0v) is 17.8. The van der Waals surface area contributed by atoms with Crippen molar-refractivity contribution in [3.05, 3.63) is 101 Å². The summed E-state index contributed by atoms with van der Waals surface area (Å²) in [5, 5.41) is 3.64. The van der Waals surface area contributed by atoms with E-state index in [4.69, 9.17) is 16.6 Å². The average Bonchev–Trinajstić information content (AvgIpc) is 3.14. The van der Waals surface area contributed by atoms with Gasteiger partial charge in [0.15, 0.2) is 5.78 Å². The van der Waals surface area contributed by atoms with E-state index in [1.807, 2.05) is 66.1 Å². The van der Waals surface area contributed by atoms with Crippen LogP contribution < -0.4 is 5.32 Å². The Labute approximate surface area is 185 Å². The number of aromatic nitrogens is 2. The highest BCUT2D eigenvalue weighted by atomic mass is 35.5. The van der Waals surface area contributed by atoms with Crippen LogP contribution in [0, 0.1) is 0 Å². The molecule has 3 aromatic carbocycles. The Morgan fingerprint density at radius 1 is 0.968 bits per heavy atom. The molecule has 1 N–H and O–H groups in total. The number of amides is 1. The van der Waals surface area contributed by atoms with E-state index in [-0.39, 0.29) is 30.7 Å². The number of Topliss-reactive ketones (excluding diaryl/α,β-unsaturated/α-hetero) is 1. The molecule has 4 aromatic rings. The molecular weight excluding hydrogens is 410 g/mol. The molecule has 1 heterocycles. The van der Waals surface area contributed by atoms with Crippen molar-refractivity contribution < 1.29 is 9.59 Å². The first-order valence-electron chi connectivity index (χ1n) is 10.1. The molecule has 0 aliphatic heterocycles. The van der Waals surface area contributed by atoms with Crippen molar-refractivity contribution >= 4 is 34.3 Å². The summed E-state index contributed by atoms with van der Waals surface area (Å²) in [7, 11) is 0. The number of ketones is 1. The third-order valence-electron chi connectivity index (χ3n) is 5.12. The van der Waals surface area contributed by atoms with E-state index in [0.717, 1.165) is 16.6 Å². The van der Waals surface area contributed by atoms with Crippen LogP contribution in [0.2, 0.25) is 5.02 Å². The standard InChI is InChI=1S/C25H22ClN3O2/c1-17(27-24(31)15-18-11-13-20(26)14-12-18)25-28-21-9-5-6-10-22(21)29(25)16-23(30)19-7-3-2-4-8-19/h2-14,17H,15-16H2,1H3,(H,27,31). The van der Waals surface area contributed by atoms with Gasteiger partial charge in [-0.3, -0.25) is 9.59 Å². The maximum Gasteiger partial charge on any atom is 0.224 e. The van der Waals surface area contributed by atoms with E-state index in [0.29, 0.717) is 16.4 Å². The maximum atomic E-state index is 12.9. The smallest absolute Gasteiger partial charge is 0.224 e. The number of imidazole rings is 1. The summed E-state index contributed by atoms with van der Waals surface area (Å²) in [5.41, 5.74) is 3.17. The highest BCUT2D eigenvalue weighted by Gasteiger charge is 2.20. The van der Waals surface area contributed by atoms with E-state index >= 15 is 0 Å². The molecule has 156 valence electrons. The fraction of sp³-hybridized carbons (Fsp3) is 0.160. The number of halogens is 1. The van der Waals surface area contributed by atoms with Gasteiger partial charge in [-0.25, -0.2) is 4.98 Å². The van der Waals surface area contributed by atoms with Crippen LogP contribution in [0.5, 0.6) is 0 Å². The molecule has 0 radical (unpaired) electrons. The van der Waals surface area contributed by atoms with E-state index in [2.05, 4.69) is 5.32 Å². The fourth-order valence-electron chi connectivity index (χ4n) is 3.59. The zero-order chi connectivity index (χ0) is 21.8. The van der Waals surface area contributed by atoms with E-state index in [1.165, 1.54) is 0 Å². The van der Waals surface area contributed by atoms with Crippen molar-refractivity contribution in [1.29, 1.82) is 0 Å². The molecule has 0 aliphatic rings. The fourth-order valence-corrected chi connectivity index (χ4v) is 3.72. The summed E-state index contributed by atoms with van der Waals surface area (Å²) in [6.45, 7) is 2.03. The molecule has 1 unspecified atom stereocenters. The first-order chi connectivity index (χ1) is 15.0. The third-order valence-corrected chi connectivity index (χ3v) is 5.38. The quantitative estimate of drug-likeness (QED) is 0.419. The van der Waals surface area contributed by atoms with Crippen LogP contribution in [0.3, 0.4) is 0 Å². The molecule has 31 heavy (non-hydrogen) atoms. The van der Waals surface area contributed by atoms with Crippen molar-refractivity contribution in [3.63, 3.8) is 0 Å². The third kappa shape index (κ3) is 4.84. The number of fused-ring (bicyclic) bond motifs is 1. The number of carbonyl (C=O) groups is 2. The Hall–Kier alpha value is -3.44. The second-order valence-corrected chi connectivity index (χ2v) is 7.86. The predicted molar refractivity (Wildman–Crippen MR) is 122 cm³/mol. The summed E-state index contributed by atoms with van der Waals surface area (Å²) in [4.78, 5) is 30.2. The van der Waals surface area contributed by atoms with Crippen LogP contribution in [0.25, 0.3) is 11.0 Å². The molecule has 0 saturated heterocycles. The molecule has 1 amide bonds. The first-order valence-corrected chi connectivity index (χ1v) is 10.5. The lowest BCUT2D eigenvalue weighted by molar-refractivity contribution is -0.121. The molecular formula is C25H22ClN3O2. The Bertz CT molecular complexity index is 1220. The summed E-state index contributed by atoms with van der Waals surface area (Å²) in [5.74, 6) is 0.516. The van der Waals surface area contributed by atoms with Gasteiger partial charge in [0.1, 0.15) is 5.82 Å². The first kappa shape index (κ1) is 20.8. The van der Waals surface area contributed by atoms with Gasteiger partial charge in [0.25, 0.3) is 0 Å². The molecule has 0 fully saturated rings. The van der Waals surface area contributed by atoms with Gasteiger partial charge in [-0.2, -0.15) is 0 Å². The van der Waals surface area contributed by atoms with Gasteiger partial charge in [0.2, 0.25) is 5.91 Å². The van der Waals surface area contributed by atoms with Crippen molar-refractivity contribution in [1.82, 2.24) is 14.9 Å². The van der Waals surface area contributed by atoms with Crippen LogP contribution in [-0.2, 0) is 17.8 Å². The van der Waals surface area contributed by atoms with E-state index < -0.39 is 0 Å². The molecule has 0 spiro atoms. The largest absolute Gasteiger partial charge is 0.346 e. The van der Waals surface area contributed by atoms with Gasteiger partial charge in [-0.05, 0) is 36.8 Å². The SMILES string of the molecule is CC(NC(=O)Cc1ccc(Cl)cc1)c1nc2ccccc2n1CC(=O)c1ccccc1. The molecule has 1 atom stereocenters. The van der Waals surface area contributed by atoms with Crippen LogP contribution >= 0.6 is 11.6 Å². The number of hydrogen-bond acceptors (Lipinski definition) is 3. The van der Waals surface area contributed by atoms with E-state index in [9.17, 15) is 9.59 Å².